The number of likely N-dealkylation sites (tertiary alicyclic amines) is 1. The Hall–Kier alpha value is -2.84. The van der Waals surface area contributed by atoms with Crippen LogP contribution in [-0.4, -0.2) is 51.3 Å². The fraction of sp³-hybridized carbons (Fsp3) is 0.292. The number of thioether (sulfide) groups is 1. The summed E-state index contributed by atoms with van der Waals surface area (Å²) in [5.41, 5.74) is 2.05. The Kier molecular flexibility index (Phi) is 6.14. The van der Waals surface area contributed by atoms with Crippen LogP contribution < -0.4 is 4.74 Å². The zero-order chi connectivity index (χ0) is 21.9. The fourth-order valence-electron chi connectivity index (χ4n) is 4.02. The van der Waals surface area contributed by atoms with Crippen LogP contribution in [0.1, 0.15) is 23.8 Å². The molecule has 1 atom stereocenters. The Labute approximate surface area is 195 Å². The number of thiazole rings is 1. The molecule has 3 heterocycles. The van der Waals surface area contributed by atoms with E-state index in [-0.39, 0.29) is 5.91 Å². The third-order valence-electron chi connectivity index (χ3n) is 5.72. The monoisotopic (exact) mass is 464 g/mol. The lowest BCUT2D eigenvalue weighted by Crippen LogP contribution is -2.40. The molecule has 0 saturated carbocycles. The molecule has 32 heavy (non-hydrogen) atoms. The molecule has 5 rings (SSSR count). The zero-order valence-corrected chi connectivity index (χ0v) is 19.4. The third kappa shape index (κ3) is 4.38. The van der Waals surface area contributed by atoms with Crippen LogP contribution in [0, 0.1) is 0 Å². The van der Waals surface area contributed by atoms with E-state index in [2.05, 4.69) is 17.1 Å². The number of carbonyl (C=O) groups excluding carboxylic acids is 1. The molecule has 6 nitrogen and oxygen atoms in total. The van der Waals surface area contributed by atoms with E-state index >= 15 is 0 Å². The molecule has 0 aliphatic carbocycles. The van der Waals surface area contributed by atoms with Crippen molar-refractivity contribution in [1.82, 2.24) is 19.4 Å². The second-order valence-electron chi connectivity index (χ2n) is 7.77. The summed E-state index contributed by atoms with van der Waals surface area (Å²) in [6.45, 7) is 1.56. The van der Waals surface area contributed by atoms with Crippen LogP contribution in [0.25, 0.3) is 15.9 Å². The van der Waals surface area contributed by atoms with Crippen LogP contribution in [0.15, 0.2) is 66.1 Å². The van der Waals surface area contributed by atoms with Crippen molar-refractivity contribution < 1.29 is 9.53 Å². The smallest absolute Gasteiger partial charge is 0.233 e. The molecule has 0 N–H and O–H groups in total. The van der Waals surface area contributed by atoms with Crippen LogP contribution in [-0.2, 0) is 4.79 Å². The number of ether oxygens (including phenoxy) is 1. The highest BCUT2D eigenvalue weighted by atomic mass is 32.2. The van der Waals surface area contributed by atoms with Crippen LogP contribution in [0.4, 0.5) is 0 Å². The number of rotatable bonds is 6. The van der Waals surface area contributed by atoms with Crippen LogP contribution in [0.5, 0.6) is 5.75 Å². The van der Waals surface area contributed by atoms with Gasteiger partial charge in [-0.3, -0.25) is 9.36 Å². The molecule has 4 aromatic rings. The standard InChI is InChI=1S/C24H24N4O2S2/c1-30-19-10-8-18(9-11-19)28-14-12-25-24(28)31-16-22(29)27-13-4-5-17(15-27)23-26-20-6-2-3-7-21(20)32-23/h2-3,6-12,14,17H,4-5,13,15-16H2,1H3. The predicted molar refractivity (Wildman–Crippen MR) is 129 cm³/mol. The molecule has 8 heteroatoms. The molecule has 1 amide bonds. The van der Waals surface area contributed by atoms with Gasteiger partial charge in [-0.05, 0) is 49.2 Å². The number of methoxy groups -OCH3 is 1. The van der Waals surface area contributed by atoms with Gasteiger partial charge in [-0.1, -0.05) is 23.9 Å². The second-order valence-corrected chi connectivity index (χ2v) is 9.77. The first-order chi connectivity index (χ1) is 15.7. The quantitative estimate of drug-likeness (QED) is 0.376. The van der Waals surface area contributed by atoms with Crippen LogP contribution in [0.3, 0.4) is 0 Å². The summed E-state index contributed by atoms with van der Waals surface area (Å²) in [6, 6.07) is 16.1. The Morgan fingerprint density at radius 1 is 1.22 bits per heavy atom. The van der Waals surface area contributed by atoms with Crippen molar-refractivity contribution in [1.29, 1.82) is 0 Å². The lowest BCUT2D eigenvalue weighted by molar-refractivity contribution is -0.129. The van der Waals surface area contributed by atoms with Gasteiger partial charge in [0, 0.05) is 37.1 Å². The number of fused-ring (bicyclic) bond motifs is 1. The topological polar surface area (TPSA) is 60.3 Å². The molecule has 164 valence electrons. The van der Waals surface area contributed by atoms with Gasteiger partial charge in [0.05, 0.1) is 28.1 Å². The first-order valence-corrected chi connectivity index (χ1v) is 12.5. The number of piperidine rings is 1. The summed E-state index contributed by atoms with van der Waals surface area (Å²) < 4.78 is 8.45. The van der Waals surface area contributed by atoms with Gasteiger partial charge < -0.3 is 9.64 Å². The summed E-state index contributed by atoms with van der Waals surface area (Å²) in [4.78, 5) is 24.3. The van der Waals surface area contributed by atoms with Crippen molar-refractivity contribution in [2.45, 2.75) is 23.9 Å². The zero-order valence-electron chi connectivity index (χ0n) is 17.8. The molecule has 1 aliphatic rings. The molecule has 1 unspecified atom stereocenters. The normalized spacial score (nSPS) is 16.4. The van der Waals surface area contributed by atoms with E-state index in [9.17, 15) is 4.79 Å². The number of imidazole rings is 1. The number of nitrogens with zero attached hydrogens (tertiary/aromatic N) is 4. The highest BCUT2D eigenvalue weighted by Crippen LogP contribution is 2.33. The summed E-state index contributed by atoms with van der Waals surface area (Å²) >= 11 is 3.23. The molecule has 1 saturated heterocycles. The van der Waals surface area contributed by atoms with Crippen molar-refractivity contribution in [2.24, 2.45) is 0 Å². The molecule has 2 aromatic carbocycles. The molecule has 0 bridgehead atoms. The van der Waals surface area contributed by atoms with Gasteiger partial charge in [0.25, 0.3) is 0 Å². The number of benzene rings is 2. The summed E-state index contributed by atoms with van der Waals surface area (Å²) in [5.74, 6) is 1.66. The minimum Gasteiger partial charge on any atom is -0.497 e. The van der Waals surface area contributed by atoms with E-state index in [1.54, 1.807) is 24.6 Å². The average molecular weight is 465 g/mol. The van der Waals surface area contributed by atoms with Gasteiger partial charge in [0.2, 0.25) is 5.91 Å². The van der Waals surface area contributed by atoms with Gasteiger partial charge in [-0.2, -0.15) is 0 Å². The number of aromatic nitrogens is 3. The summed E-state index contributed by atoms with van der Waals surface area (Å²) in [5, 5.41) is 1.95. The molecule has 1 fully saturated rings. The molecular formula is C24H24N4O2S2. The third-order valence-corrected chi connectivity index (χ3v) is 7.87. The Morgan fingerprint density at radius 3 is 2.88 bits per heavy atom. The molecule has 0 radical (unpaired) electrons. The second kappa shape index (κ2) is 9.34. The van der Waals surface area contributed by atoms with E-state index in [1.807, 2.05) is 52.1 Å². The molecule has 1 aliphatic heterocycles. The van der Waals surface area contributed by atoms with Gasteiger partial charge >= 0.3 is 0 Å². The average Bonchev–Trinajstić information content (AvgIpc) is 3.50. The van der Waals surface area contributed by atoms with Crippen LogP contribution >= 0.6 is 23.1 Å². The predicted octanol–water partition coefficient (Wildman–Crippen LogP) is 4.99. The van der Waals surface area contributed by atoms with Gasteiger partial charge in [0.15, 0.2) is 5.16 Å². The van der Waals surface area contributed by atoms with Crippen molar-refractivity contribution in [3.63, 3.8) is 0 Å². The highest BCUT2D eigenvalue weighted by molar-refractivity contribution is 7.99. The number of amides is 1. The highest BCUT2D eigenvalue weighted by Gasteiger charge is 2.27. The Morgan fingerprint density at radius 2 is 2.06 bits per heavy atom. The number of hydrogen-bond donors (Lipinski definition) is 0. The maximum atomic E-state index is 13.0. The molecule has 0 spiro atoms. The molecule has 2 aromatic heterocycles. The van der Waals surface area contributed by atoms with E-state index < -0.39 is 0 Å². The summed E-state index contributed by atoms with van der Waals surface area (Å²) in [6.07, 6.45) is 5.77. The Balaban J connectivity index is 1.23. The van der Waals surface area contributed by atoms with Crippen molar-refractivity contribution in [3.05, 3.63) is 65.9 Å². The van der Waals surface area contributed by atoms with Gasteiger partial charge in [-0.25, -0.2) is 9.97 Å². The molecular weight excluding hydrogens is 440 g/mol. The largest absolute Gasteiger partial charge is 0.497 e. The first-order valence-electron chi connectivity index (χ1n) is 10.6. The van der Waals surface area contributed by atoms with E-state index in [1.165, 1.54) is 16.5 Å². The number of para-hydroxylation sites is 1. The minimum atomic E-state index is 0.157. The number of hydrogen-bond acceptors (Lipinski definition) is 6. The van der Waals surface area contributed by atoms with Gasteiger partial charge in [0.1, 0.15) is 5.75 Å². The van der Waals surface area contributed by atoms with Gasteiger partial charge in [-0.15, -0.1) is 11.3 Å². The SMILES string of the molecule is COc1ccc(-n2ccnc2SCC(=O)N2CCCC(c3nc4ccccc4s3)C2)cc1. The fourth-order valence-corrected chi connectivity index (χ4v) is 5.99. The lowest BCUT2D eigenvalue weighted by atomic mass is 9.99. The van der Waals surface area contributed by atoms with Crippen molar-refractivity contribution in [2.75, 3.05) is 26.0 Å². The minimum absolute atomic E-state index is 0.157. The van der Waals surface area contributed by atoms with Crippen molar-refractivity contribution in [3.8, 4) is 11.4 Å². The van der Waals surface area contributed by atoms with Crippen molar-refractivity contribution >= 4 is 39.2 Å². The number of carbonyl (C=O) groups is 1. The summed E-state index contributed by atoms with van der Waals surface area (Å²) in [7, 11) is 1.65. The first kappa shape index (κ1) is 21.0. The van der Waals surface area contributed by atoms with E-state index in [0.29, 0.717) is 11.7 Å². The maximum Gasteiger partial charge on any atom is 0.233 e. The van der Waals surface area contributed by atoms with E-state index in [4.69, 9.17) is 9.72 Å². The van der Waals surface area contributed by atoms with Crippen LogP contribution in [0.2, 0.25) is 0 Å². The lowest BCUT2D eigenvalue weighted by Gasteiger charge is -2.31. The Bertz CT molecular complexity index is 1190. The maximum absolute atomic E-state index is 13.0. The van der Waals surface area contributed by atoms with E-state index in [0.717, 1.165) is 53.0 Å².